The van der Waals surface area contributed by atoms with Gasteiger partial charge in [-0.1, -0.05) is 54.1 Å². The molecule has 164 valence electrons. The first-order chi connectivity index (χ1) is 15.0. The smallest absolute Gasteiger partial charge is 0.225 e. The second-order valence-corrected chi connectivity index (χ2v) is 8.90. The number of piperazine rings is 1. The maximum atomic E-state index is 13.2. The lowest BCUT2D eigenvalue weighted by atomic mass is 9.90. The number of carbonyl (C=O) groups is 2. The summed E-state index contributed by atoms with van der Waals surface area (Å²) in [6, 6.07) is 16.2. The minimum absolute atomic E-state index is 0.0330. The summed E-state index contributed by atoms with van der Waals surface area (Å²) < 4.78 is 0. The van der Waals surface area contributed by atoms with Crippen molar-refractivity contribution in [3.05, 3.63) is 70.2 Å². The number of nitrogens with zero attached hydrogens (tertiary/aromatic N) is 3. The van der Waals surface area contributed by atoms with Crippen LogP contribution >= 0.6 is 11.6 Å². The summed E-state index contributed by atoms with van der Waals surface area (Å²) in [5, 5.41) is 0.786. The summed E-state index contributed by atoms with van der Waals surface area (Å²) in [5.41, 5.74) is 3.49. The molecular formula is C25H30ClN3O2. The van der Waals surface area contributed by atoms with Gasteiger partial charge in [-0.15, -0.1) is 0 Å². The third kappa shape index (κ3) is 4.63. The summed E-state index contributed by atoms with van der Waals surface area (Å²) in [6.07, 6.45) is 1.19. The van der Waals surface area contributed by atoms with E-state index in [-0.39, 0.29) is 23.9 Å². The maximum Gasteiger partial charge on any atom is 0.225 e. The van der Waals surface area contributed by atoms with Gasteiger partial charge in [-0.05, 0) is 36.1 Å². The van der Waals surface area contributed by atoms with Gasteiger partial charge in [0.2, 0.25) is 11.8 Å². The van der Waals surface area contributed by atoms with E-state index in [1.165, 1.54) is 5.56 Å². The van der Waals surface area contributed by atoms with Crippen LogP contribution in [-0.4, -0.2) is 59.2 Å². The van der Waals surface area contributed by atoms with E-state index in [0.717, 1.165) is 35.7 Å². The summed E-state index contributed by atoms with van der Waals surface area (Å²) in [5.74, 6) is 0.156. The Balaban J connectivity index is 1.41. The number of hydrogen-bond donors (Lipinski definition) is 0. The molecule has 0 aromatic heterocycles. The molecule has 0 aliphatic carbocycles. The fourth-order valence-electron chi connectivity index (χ4n) is 4.91. The van der Waals surface area contributed by atoms with Gasteiger partial charge in [0.15, 0.2) is 0 Å². The predicted octanol–water partition coefficient (Wildman–Crippen LogP) is 4.08. The highest BCUT2D eigenvalue weighted by Crippen LogP contribution is 2.33. The minimum atomic E-state index is -0.171. The molecule has 0 bridgehead atoms. The fraction of sp³-hybridized carbons (Fsp3) is 0.440. The number of fused-ring (bicyclic) bond motifs is 1. The first-order valence-electron chi connectivity index (χ1n) is 11.1. The van der Waals surface area contributed by atoms with Crippen LogP contribution < -0.4 is 0 Å². The summed E-state index contributed by atoms with van der Waals surface area (Å²) >= 11 is 6.38. The van der Waals surface area contributed by atoms with Crippen molar-refractivity contribution < 1.29 is 9.59 Å². The van der Waals surface area contributed by atoms with Crippen LogP contribution in [0.2, 0.25) is 5.02 Å². The molecule has 0 N–H and O–H groups in total. The van der Waals surface area contributed by atoms with Crippen LogP contribution in [0, 0.1) is 0 Å². The van der Waals surface area contributed by atoms with Gasteiger partial charge in [0.25, 0.3) is 0 Å². The monoisotopic (exact) mass is 439 g/mol. The molecule has 31 heavy (non-hydrogen) atoms. The van der Waals surface area contributed by atoms with Crippen molar-refractivity contribution in [3.8, 4) is 0 Å². The molecule has 2 aliphatic rings. The number of hydrogen-bond acceptors (Lipinski definition) is 3. The van der Waals surface area contributed by atoms with E-state index >= 15 is 0 Å². The average Bonchev–Trinajstić information content (AvgIpc) is 2.79. The Labute approximate surface area is 189 Å². The minimum Gasteiger partial charge on any atom is -0.340 e. The largest absolute Gasteiger partial charge is 0.340 e. The van der Waals surface area contributed by atoms with Crippen LogP contribution in [0.3, 0.4) is 0 Å². The molecule has 0 spiro atoms. The zero-order valence-electron chi connectivity index (χ0n) is 18.3. The topological polar surface area (TPSA) is 43.9 Å². The Hall–Kier alpha value is -2.37. The van der Waals surface area contributed by atoms with Gasteiger partial charge in [-0.3, -0.25) is 14.5 Å². The van der Waals surface area contributed by atoms with E-state index < -0.39 is 0 Å². The zero-order chi connectivity index (χ0) is 22.0. The molecule has 1 saturated heterocycles. The number of benzene rings is 2. The number of amides is 2. The van der Waals surface area contributed by atoms with Gasteiger partial charge in [0.1, 0.15) is 0 Å². The lowest BCUT2D eigenvalue weighted by Crippen LogP contribution is -2.50. The normalized spacial score (nSPS) is 20.3. The number of halogens is 1. The lowest BCUT2D eigenvalue weighted by Gasteiger charge is -2.40. The first kappa shape index (κ1) is 21.8. The quantitative estimate of drug-likeness (QED) is 0.720. The van der Waals surface area contributed by atoms with Crippen LogP contribution in [0.15, 0.2) is 48.5 Å². The molecule has 6 heteroatoms. The highest BCUT2D eigenvalue weighted by Gasteiger charge is 2.33. The molecule has 0 saturated carbocycles. The van der Waals surface area contributed by atoms with Crippen molar-refractivity contribution in [2.75, 3.05) is 32.7 Å². The average molecular weight is 440 g/mol. The standard InChI is InChI=1S/C25H30ClN3O2/c1-18(21-8-5-6-10-23(21)26)27-13-15-28(16-14-27)25(31)17-24-22-9-4-3-7-20(22)11-12-29(24)19(2)30/h3-10,18,24H,11-17H2,1-2H3. The fourth-order valence-corrected chi connectivity index (χ4v) is 5.21. The van der Waals surface area contributed by atoms with Crippen LogP contribution in [0.4, 0.5) is 0 Å². The molecular weight excluding hydrogens is 410 g/mol. The predicted molar refractivity (Wildman–Crippen MR) is 123 cm³/mol. The highest BCUT2D eigenvalue weighted by molar-refractivity contribution is 6.31. The van der Waals surface area contributed by atoms with Crippen LogP contribution in [0.5, 0.6) is 0 Å². The molecule has 2 heterocycles. The number of rotatable bonds is 4. The molecule has 2 unspecified atom stereocenters. The van der Waals surface area contributed by atoms with E-state index in [1.807, 2.05) is 40.1 Å². The van der Waals surface area contributed by atoms with Crippen molar-refractivity contribution in [1.29, 1.82) is 0 Å². The summed E-state index contributed by atoms with van der Waals surface area (Å²) in [4.78, 5) is 31.6. The highest BCUT2D eigenvalue weighted by atomic mass is 35.5. The van der Waals surface area contributed by atoms with E-state index in [1.54, 1.807) is 6.92 Å². The Kier molecular flexibility index (Phi) is 6.63. The van der Waals surface area contributed by atoms with Gasteiger partial charge < -0.3 is 9.80 Å². The maximum absolute atomic E-state index is 13.2. The zero-order valence-corrected chi connectivity index (χ0v) is 19.0. The molecule has 4 rings (SSSR count). The second kappa shape index (κ2) is 9.41. The van der Waals surface area contributed by atoms with Gasteiger partial charge in [0, 0.05) is 50.7 Å². The van der Waals surface area contributed by atoms with Crippen LogP contribution in [0.25, 0.3) is 0 Å². The molecule has 2 aliphatic heterocycles. The molecule has 2 aromatic carbocycles. The van der Waals surface area contributed by atoms with Gasteiger partial charge >= 0.3 is 0 Å². The van der Waals surface area contributed by atoms with Crippen LogP contribution in [-0.2, 0) is 16.0 Å². The summed E-state index contributed by atoms with van der Waals surface area (Å²) in [7, 11) is 0. The van der Waals surface area contributed by atoms with Crippen molar-refractivity contribution >= 4 is 23.4 Å². The van der Waals surface area contributed by atoms with Crippen molar-refractivity contribution in [1.82, 2.24) is 14.7 Å². The van der Waals surface area contributed by atoms with Gasteiger partial charge in [-0.25, -0.2) is 0 Å². The Morgan fingerprint density at radius 3 is 2.39 bits per heavy atom. The molecule has 1 fully saturated rings. The molecule has 2 aromatic rings. The van der Waals surface area contributed by atoms with E-state index in [2.05, 4.69) is 30.0 Å². The second-order valence-electron chi connectivity index (χ2n) is 8.50. The third-order valence-corrected chi connectivity index (χ3v) is 7.10. The Morgan fingerprint density at radius 2 is 1.68 bits per heavy atom. The van der Waals surface area contributed by atoms with E-state index in [9.17, 15) is 9.59 Å². The van der Waals surface area contributed by atoms with E-state index in [4.69, 9.17) is 11.6 Å². The first-order valence-corrected chi connectivity index (χ1v) is 11.4. The van der Waals surface area contributed by atoms with Crippen LogP contribution in [0.1, 0.15) is 49.0 Å². The van der Waals surface area contributed by atoms with Crippen molar-refractivity contribution in [2.24, 2.45) is 0 Å². The molecule has 0 radical (unpaired) electrons. The Bertz CT molecular complexity index is 955. The summed E-state index contributed by atoms with van der Waals surface area (Å²) in [6.45, 7) is 7.46. The van der Waals surface area contributed by atoms with E-state index in [0.29, 0.717) is 26.1 Å². The SMILES string of the molecule is CC(=O)N1CCc2ccccc2C1CC(=O)N1CCN(C(C)c2ccccc2Cl)CC1. The third-order valence-electron chi connectivity index (χ3n) is 6.75. The Morgan fingerprint density at radius 1 is 1.00 bits per heavy atom. The van der Waals surface area contributed by atoms with Crippen molar-refractivity contribution in [2.45, 2.75) is 38.8 Å². The molecule has 2 atom stereocenters. The molecule has 2 amide bonds. The molecule has 5 nitrogen and oxygen atoms in total. The van der Waals surface area contributed by atoms with Gasteiger partial charge in [0.05, 0.1) is 12.5 Å². The lowest BCUT2D eigenvalue weighted by molar-refractivity contribution is -0.138. The van der Waals surface area contributed by atoms with Gasteiger partial charge in [-0.2, -0.15) is 0 Å². The van der Waals surface area contributed by atoms with Crippen molar-refractivity contribution in [3.63, 3.8) is 0 Å². The number of carbonyl (C=O) groups excluding carboxylic acids is 2.